The van der Waals surface area contributed by atoms with Crippen LogP contribution in [0.25, 0.3) is 0 Å². The summed E-state index contributed by atoms with van der Waals surface area (Å²) in [5.41, 5.74) is 0.772. The average molecular weight is 290 g/mol. The number of rotatable bonds is 8. The smallest absolute Gasteiger partial charge is 0.306 e. The fourth-order valence-electron chi connectivity index (χ4n) is 2.42. The highest BCUT2D eigenvalue weighted by atomic mass is 16.5. The summed E-state index contributed by atoms with van der Waals surface area (Å²) in [6.07, 6.45) is 0.265. The lowest BCUT2D eigenvalue weighted by molar-refractivity contribution is -0.146. The summed E-state index contributed by atoms with van der Waals surface area (Å²) in [5, 5.41) is 0. The molecular weight excluding hydrogens is 268 g/mol. The molecule has 0 radical (unpaired) electrons. The Labute approximate surface area is 125 Å². The number of ketones is 2. The van der Waals surface area contributed by atoms with E-state index >= 15 is 0 Å². The summed E-state index contributed by atoms with van der Waals surface area (Å²) in [6, 6.07) is 9.14. The lowest BCUT2D eigenvalue weighted by atomic mass is 9.78. The first-order valence-electron chi connectivity index (χ1n) is 7.24. The van der Waals surface area contributed by atoms with Gasteiger partial charge in [-0.3, -0.25) is 14.4 Å². The van der Waals surface area contributed by atoms with Crippen molar-refractivity contribution in [3.8, 4) is 0 Å². The van der Waals surface area contributed by atoms with Crippen molar-refractivity contribution in [3.05, 3.63) is 35.9 Å². The van der Waals surface area contributed by atoms with Crippen molar-refractivity contribution in [2.75, 3.05) is 6.61 Å². The molecular formula is C17H22O4. The minimum atomic E-state index is -0.668. The van der Waals surface area contributed by atoms with Gasteiger partial charge in [-0.1, -0.05) is 37.3 Å². The second-order valence-electron chi connectivity index (χ2n) is 4.93. The molecule has 0 aromatic heterocycles. The van der Waals surface area contributed by atoms with Gasteiger partial charge in [0.25, 0.3) is 0 Å². The Balaban J connectivity index is 3.10. The molecule has 21 heavy (non-hydrogen) atoms. The summed E-state index contributed by atoms with van der Waals surface area (Å²) in [7, 11) is 0. The zero-order chi connectivity index (χ0) is 15.8. The molecule has 0 spiro atoms. The van der Waals surface area contributed by atoms with E-state index in [1.54, 1.807) is 13.8 Å². The number of hydrogen-bond acceptors (Lipinski definition) is 4. The van der Waals surface area contributed by atoms with Crippen molar-refractivity contribution in [2.45, 2.75) is 39.5 Å². The van der Waals surface area contributed by atoms with E-state index < -0.39 is 17.8 Å². The van der Waals surface area contributed by atoms with Crippen molar-refractivity contribution in [1.82, 2.24) is 0 Å². The maximum absolute atomic E-state index is 12.3. The molecule has 0 heterocycles. The summed E-state index contributed by atoms with van der Waals surface area (Å²) in [4.78, 5) is 36.0. The van der Waals surface area contributed by atoms with Crippen LogP contribution in [0.15, 0.2) is 30.3 Å². The largest absolute Gasteiger partial charge is 0.466 e. The highest BCUT2D eigenvalue weighted by molar-refractivity contribution is 5.94. The van der Waals surface area contributed by atoms with Crippen molar-refractivity contribution in [1.29, 1.82) is 0 Å². The normalized spacial score (nSPS) is 13.3. The lowest BCUT2D eigenvalue weighted by Gasteiger charge is -2.23. The van der Waals surface area contributed by atoms with Crippen LogP contribution in [0.3, 0.4) is 0 Å². The van der Waals surface area contributed by atoms with Gasteiger partial charge in [0.05, 0.1) is 18.9 Å². The molecule has 114 valence electrons. The van der Waals surface area contributed by atoms with Crippen molar-refractivity contribution in [2.24, 2.45) is 5.92 Å². The Kier molecular flexibility index (Phi) is 6.79. The third-order valence-corrected chi connectivity index (χ3v) is 3.47. The second kappa shape index (κ2) is 8.35. The third kappa shape index (κ3) is 4.81. The van der Waals surface area contributed by atoms with Gasteiger partial charge in [-0.2, -0.15) is 0 Å². The Morgan fingerprint density at radius 2 is 1.71 bits per heavy atom. The summed E-state index contributed by atoms with van der Waals surface area (Å²) >= 11 is 0. The molecule has 2 atom stereocenters. The SMILES string of the molecule is CCOC(=O)CC(C(C)=O)C(C(=O)CC)c1ccccc1. The molecule has 0 aliphatic carbocycles. The minimum absolute atomic E-state index is 0.0364. The van der Waals surface area contributed by atoms with Crippen LogP contribution in [0.5, 0.6) is 0 Å². The van der Waals surface area contributed by atoms with Crippen LogP contribution in [0.4, 0.5) is 0 Å². The molecule has 1 aromatic rings. The van der Waals surface area contributed by atoms with Gasteiger partial charge in [0.15, 0.2) is 0 Å². The van der Waals surface area contributed by atoms with Crippen LogP contribution in [0, 0.1) is 5.92 Å². The van der Waals surface area contributed by atoms with Gasteiger partial charge in [-0.15, -0.1) is 0 Å². The van der Waals surface area contributed by atoms with E-state index in [2.05, 4.69) is 0 Å². The molecule has 4 heteroatoms. The molecule has 1 rings (SSSR count). The van der Waals surface area contributed by atoms with E-state index in [1.165, 1.54) is 6.92 Å². The molecule has 2 unspecified atom stereocenters. The molecule has 0 bridgehead atoms. The van der Waals surface area contributed by atoms with Crippen LogP contribution in [-0.2, 0) is 19.1 Å². The maximum Gasteiger partial charge on any atom is 0.306 e. The topological polar surface area (TPSA) is 60.4 Å². The second-order valence-corrected chi connectivity index (χ2v) is 4.93. The maximum atomic E-state index is 12.3. The monoisotopic (exact) mass is 290 g/mol. The van der Waals surface area contributed by atoms with Gasteiger partial charge in [0, 0.05) is 12.3 Å². The molecule has 0 N–H and O–H groups in total. The number of carbonyl (C=O) groups excluding carboxylic acids is 3. The third-order valence-electron chi connectivity index (χ3n) is 3.47. The highest BCUT2D eigenvalue weighted by Gasteiger charge is 2.33. The quantitative estimate of drug-likeness (QED) is 0.691. The van der Waals surface area contributed by atoms with E-state index in [1.807, 2.05) is 30.3 Å². The first kappa shape index (κ1) is 17.1. The van der Waals surface area contributed by atoms with Crippen molar-refractivity contribution in [3.63, 3.8) is 0 Å². The van der Waals surface area contributed by atoms with Crippen LogP contribution < -0.4 is 0 Å². The molecule has 0 aliphatic heterocycles. The molecule has 4 nitrogen and oxygen atoms in total. The first-order chi connectivity index (χ1) is 10.0. The number of hydrogen-bond donors (Lipinski definition) is 0. The summed E-state index contributed by atoms with van der Waals surface area (Å²) < 4.78 is 4.92. The predicted molar refractivity (Wildman–Crippen MR) is 79.9 cm³/mol. The molecule has 1 aromatic carbocycles. The molecule has 0 fully saturated rings. The van der Waals surface area contributed by atoms with Gasteiger partial charge in [0.2, 0.25) is 0 Å². The van der Waals surface area contributed by atoms with Gasteiger partial charge >= 0.3 is 5.97 Å². The standard InChI is InChI=1S/C17H22O4/c1-4-15(19)17(13-9-7-6-8-10-13)14(12(3)18)11-16(20)21-5-2/h6-10,14,17H,4-5,11H2,1-3H3. The zero-order valence-electron chi connectivity index (χ0n) is 12.8. The fourth-order valence-corrected chi connectivity index (χ4v) is 2.42. The summed E-state index contributed by atoms with van der Waals surface area (Å²) in [5.74, 6) is -1.90. The zero-order valence-corrected chi connectivity index (χ0v) is 12.8. The van der Waals surface area contributed by atoms with Crippen LogP contribution >= 0.6 is 0 Å². The lowest BCUT2D eigenvalue weighted by Crippen LogP contribution is -2.29. The summed E-state index contributed by atoms with van der Waals surface area (Å²) in [6.45, 7) is 5.16. The van der Waals surface area contributed by atoms with Crippen LogP contribution in [-0.4, -0.2) is 24.1 Å². The highest BCUT2D eigenvalue weighted by Crippen LogP contribution is 2.30. The van der Waals surface area contributed by atoms with E-state index in [4.69, 9.17) is 4.74 Å². The van der Waals surface area contributed by atoms with E-state index in [9.17, 15) is 14.4 Å². The molecule has 0 aliphatic rings. The fraction of sp³-hybridized carbons (Fsp3) is 0.471. The van der Waals surface area contributed by atoms with E-state index in [0.29, 0.717) is 6.42 Å². The Bertz CT molecular complexity index is 493. The number of Topliss-reactive ketones (excluding diaryl/α,β-unsaturated/α-hetero) is 2. The average Bonchev–Trinajstić information content (AvgIpc) is 2.47. The Morgan fingerprint density at radius 1 is 1.10 bits per heavy atom. The molecule has 0 saturated heterocycles. The molecule has 0 amide bonds. The van der Waals surface area contributed by atoms with Gasteiger partial charge < -0.3 is 4.74 Å². The molecule has 0 saturated carbocycles. The minimum Gasteiger partial charge on any atom is -0.466 e. The number of esters is 1. The number of benzene rings is 1. The van der Waals surface area contributed by atoms with Crippen LogP contribution in [0.2, 0.25) is 0 Å². The van der Waals surface area contributed by atoms with Gasteiger partial charge in [0.1, 0.15) is 11.6 Å². The predicted octanol–water partition coefficient (Wildman–Crippen LogP) is 2.91. The van der Waals surface area contributed by atoms with Crippen molar-refractivity contribution >= 4 is 17.5 Å². The van der Waals surface area contributed by atoms with Gasteiger partial charge in [-0.25, -0.2) is 0 Å². The van der Waals surface area contributed by atoms with E-state index in [0.717, 1.165) is 5.56 Å². The van der Waals surface area contributed by atoms with Crippen molar-refractivity contribution < 1.29 is 19.1 Å². The number of carbonyl (C=O) groups is 3. The Morgan fingerprint density at radius 3 is 2.19 bits per heavy atom. The first-order valence-corrected chi connectivity index (χ1v) is 7.24. The number of ether oxygens (including phenoxy) is 1. The van der Waals surface area contributed by atoms with E-state index in [-0.39, 0.29) is 24.6 Å². The Hall–Kier alpha value is -1.97. The van der Waals surface area contributed by atoms with Crippen LogP contribution in [0.1, 0.15) is 45.1 Å². The van der Waals surface area contributed by atoms with Gasteiger partial charge in [-0.05, 0) is 19.4 Å².